The molecule has 0 atom stereocenters. The summed E-state index contributed by atoms with van der Waals surface area (Å²) in [5.41, 5.74) is 15.4. The number of hydrogen-bond acceptors (Lipinski definition) is 8. The number of para-hydroxylation sites is 1. The normalized spacial score (nSPS) is 12.8. The van der Waals surface area contributed by atoms with E-state index < -0.39 is 23.5 Å². The summed E-state index contributed by atoms with van der Waals surface area (Å²) in [6.07, 6.45) is 8.62. The quantitative estimate of drug-likeness (QED) is 0.0413. The Morgan fingerprint density at radius 1 is 0.506 bits per heavy atom. The fourth-order valence-electron chi connectivity index (χ4n) is 11.1. The van der Waals surface area contributed by atoms with Crippen LogP contribution in [0.2, 0.25) is 0 Å². The van der Waals surface area contributed by atoms with Crippen molar-refractivity contribution in [2.45, 2.75) is 149 Å². The van der Waals surface area contributed by atoms with Gasteiger partial charge in [-0.05, 0) is 197 Å². The van der Waals surface area contributed by atoms with E-state index in [1.807, 2.05) is 27.7 Å². The molecule has 1 aromatic heterocycles. The summed E-state index contributed by atoms with van der Waals surface area (Å²) < 4.78 is 30.3. The molecule has 1 aliphatic rings. The smallest absolute Gasteiger partial charge is 0.434 e. The zero-order chi connectivity index (χ0) is 55.6. The number of hydrogen-bond donors (Lipinski definition) is 0. The zero-order valence-electron chi connectivity index (χ0n) is 47.9. The van der Waals surface area contributed by atoms with Gasteiger partial charge in [-0.15, -0.1) is 0 Å². The van der Waals surface area contributed by atoms with E-state index >= 15 is 0 Å². The molecule has 0 saturated carbocycles. The van der Waals surface area contributed by atoms with Gasteiger partial charge in [-0.3, -0.25) is 0 Å². The molecule has 0 amide bonds. The molecule has 7 aromatic carbocycles. The largest absolute Gasteiger partial charge is 0.508 e. The number of aromatic nitrogens is 1. The number of carbonyl (C=O) groups excluding carboxylic acids is 2. The van der Waals surface area contributed by atoms with E-state index in [1.54, 1.807) is 0 Å². The van der Waals surface area contributed by atoms with Crippen LogP contribution in [0.25, 0.3) is 49.7 Å². The molecule has 0 radical (unpaired) electrons. The standard InChI is InChI=1S/C70H80N2O7/c1-9-11-42-68(3,4)78-66(73)76-45-18-17-21-50-26-33-54(34-27-50)71(57-39-40-59-58-22-13-15-24-62(58)70(7,8)63(59)48-57)55-37-30-52(31-38-55)53-32-41-65-61(47-53)60-23-14-16-25-64(60)72(65)56-35-28-51(29-36-56)49-75-44-19-20-46-77-67(74)79-69(5,6)43-12-10-2/h13-16,22-41,47-48H,9-12,17-21,42-46,49H2,1-8H3. The molecule has 0 bridgehead atoms. The monoisotopic (exact) mass is 1060 g/mol. The molecule has 0 aliphatic heterocycles. The highest BCUT2D eigenvalue weighted by atomic mass is 16.7. The van der Waals surface area contributed by atoms with Crippen LogP contribution in [0.15, 0.2) is 158 Å². The van der Waals surface area contributed by atoms with Gasteiger partial charge in [0.25, 0.3) is 0 Å². The van der Waals surface area contributed by atoms with Gasteiger partial charge < -0.3 is 33.2 Å². The van der Waals surface area contributed by atoms with Crippen molar-refractivity contribution in [2.24, 2.45) is 0 Å². The highest BCUT2D eigenvalue weighted by Crippen LogP contribution is 2.51. The minimum absolute atomic E-state index is 0.142. The number of unbranched alkanes of at least 4 members (excludes halogenated alkanes) is 4. The SMILES string of the molecule is CCCCC(C)(C)OC(=O)OCCCCOCc1ccc(-n2c3ccccc3c3cc(-c4ccc(N(c5ccc(CCCCOC(=O)OC(C)(C)CCCC)cc5)c5ccc6c(c5)C(C)(C)c5ccccc5-6)cc4)ccc32)cc1. The number of ether oxygens (including phenoxy) is 5. The Labute approximate surface area is 468 Å². The van der Waals surface area contributed by atoms with Crippen LogP contribution in [0, 0.1) is 0 Å². The highest BCUT2D eigenvalue weighted by molar-refractivity contribution is 6.10. The van der Waals surface area contributed by atoms with Crippen LogP contribution in [-0.4, -0.2) is 47.9 Å². The van der Waals surface area contributed by atoms with Gasteiger partial charge >= 0.3 is 12.3 Å². The third kappa shape index (κ3) is 13.6. The maximum atomic E-state index is 12.4. The van der Waals surface area contributed by atoms with Gasteiger partial charge in [-0.2, -0.15) is 0 Å². The van der Waals surface area contributed by atoms with Gasteiger partial charge in [0.1, 0.15) is 11.2 Å². The van der Waals surface area contributed by atoms with Crippen LogP contribution in [0.4, 0.5) is 26.7 Å². The van der Waals surface area contributed by atoms with Gasteiger partial charge in [-0.1, -0.05) is 132 Å². The van der Waals surface area contributed by atoms with E-state index in [1.165, 1.54) is 38.6 Å². The van der Waals surface area contributed by atoms with Gasteiger partial charge in [0.05, 0.1) is 30.9 Å². The second-order valence-electron chi connectivity index (χ2n) is 23.0. The second kappa shape index (κ2) is 25.2. The molecule has 1 aliphatic carbocycles. The van der Waals surface area contributed by atoms with Crippen molar-refractivity contribution >= 4 is 51.2 Å². The molecule has 0 saturated heterocycles. The number of anilines is 3. The summed E-state index contributed by atoms with van der Waals surface area (Å²) in [7, 11) is 0. The molecular formula is C70H80N2O7. The molecule has 0 spiro atoms. The van der Waals surface area contributed by atoms with Crippen molar-refractivity contribution in [2.75, 3.05) is 24.7 Å². The fourth-order valence-corrected chi connectivity index (χ4v) is 11.1. The topological polar surface area (TPSA) is 88.5 Å². The molecule has 8 aromatic rings. The molecule has 1 heterocycles. The number of fused-ring (bicyclic) bond motifs is 6. The molecule has 412 valence electrons. The minimum Gasteiger partial charge on any atom is -0.434 e. The Bertz CT molecular complexity index is 3330. The van der Waals surface area contributed by atoms with E-state index in [0.29, 0.717) is 32.8 Å². The second-order valence-corrected chi connectivity index (χ2v) is 23.0. The number of nitrogens with zero attached hydrogens (tertiary/aromatic N) is 2. The van der Waals surface area contributed by atoms with Crippen LogP contribution in [0.5, 0.6) is 0 Å². The van der Waals surface area contributed by atoms with Crippen LogP contribution < -0.4 is 4.90 Å². The van der Waals surface area contributed by atoms with Crippen molar-refractivity contribution in [1.29, 1.82) is 0 Å². The predicted octanol–water partition coefficient (Wildman–Crippen LogP) is 19.1. The lowest BCUT2D eigenvalue weighted by Gasteiger charge is -2.28. The Hall–Kier alpha value is -7.36. The van der Waals surface area contributed by atoms with E-state index in [2.05, 4.69) is 195 Å². The summed E-state index contributed by atoms with van der Waals surface area (Å²) >= 11 is 0. The maximum Gasteiger partial charge on any atom is 0.508 e. The summed E-state index contributed by atoms with van der Waals surface area (Å²) in [5.74, 6) is 0. The van der Waals surface area contributed by atoms with E-state index in [-0.39, 0.29) is 5.41 Å². The predicted molar refractivity (Wildman–Crippen MR) is 322 cm³/mol. The lowest BCUT2D eigenvalue weighted by molar-refractivity contribution is -0.0231. The molecule has 0 unspecified atom stereocenters. The molecular weight excluding hydrogens is 981 g/mol. The maximum absolute atomic E-state index is 12.4. The van der Waals surface area contributed by atoms with Crippen molar-refractivity contribution in [3.05, 3.63) is 180 Å². The van der Waals surface area contributed by atoms with E-state index in [4.69, 9.17) is 23.7 Å². The summed E-state index contributed by atoms with van der Waals surface area (Å²) in [4.78, 5) is 26.9. The lowest BCUT2D eigenvalue weighted by atomic mass is 9.82. The average Bonchev–Trinajstić information content (AvgIpc) is 4.13. The van der Waals surface area contributed by atoms with Crippen molar-refractivity contribution in [3.63, 3.8) is 0 Å². The Kier molecular flexibility index (Phi) is 18.0. The first-order valence-electron chi connectivity index (χ1n) is 28.8. The summed E-state index contributed by atoms with van der Waals surface area (Å²) in [6.45, 7) is 18.4. The highest BCUT2D eigenvalue weighted by Gasteiger charge is 2.36. The van der Waals surface area contributed by atoms with Crippen LogP contribution in [-0.2, 0) is 42.1 Å². The average molecular weight is 1060 g/mol. The fraction of sp³-hybridized carbons (Fsp3) is 0.371. The number of rotatable bonds is 25. The molecule has 0 N–H and O–H groups in total. The van der Waals surface area contributed by atoms with Gasteiger partial charge in [0.2, 0.25) is 0 Å². The third-order valence-electron chi connectivity index (χ3n) is 15.6. The van der Waals surface area contributed by atoms with E-state index in [0.717, 1.165) is 115 Å². The van der Waals surface area contributed by atoms with Crippen LogP contribution in [0.1, 0.15) is 142 Å². The number of benzene rings is 7. The van der Waals surface area contributed by atoms with Gasteiger partial charge in [0.15, 0.2) is 0 Å². The Morgan fingerprint density at radius 2 is 1.05 bits per heavy atom. The molecule has 0 fully saturated rings. The first-order valence-corrected chi connectivity index (χ1v) is 28.8. The van der Waals surface area contributed by atoms with Crippen molar-refractivity contribution < 1.29 is 33.3 Å². The first kappa shape index (κ1) is 56.4. The Morgan fingerprint density at radius 3 is 1.72 bits per heavy atom. The third-order valence-corrected chi connectivity index (χ3v) is 15.6. The summed E-state index contributed by atoms with van der Waals surface area (Å²) in [5, 5.41) is 2.40. The molecule has 79 heavy (non-hydrogen) atoms. The lowest BCUT2D eigenvalue weighted by Crippen LogP contribution is -2.28. The van der Waals surface area contributed by atoms with Crippen molar-refractivity contribution in [1.82, 2.24) is 4.57 Å². The Balaban J connectivity index is 0.885. The van der Waals surface area contributed by atoms with E-state index in [9.17, 15) is 9.59 Å². The first-order chi connectivity index (χ1) is 38.1. The number of aryl methyl sites for hydroxylation is 1. The molecule has 9 nitrogen and oxygen atoms in total. The van der Waals surface area contributed by atoms with Gasteiger partial charge in [0, 0.05) is 45.5 Å². The number of carbonyl (C=O) groups is 2. The van der Waals surface area contributed by atoms with Crippen molar-refractivity contribution in [3.8, 4) is 27.9 Å². The van der Waals surface area contributed by atoms with Gasteiger partial charge in [-0.25, -0.2) is 9.59 Å². The van der Waals surface area contributed by atoms with Crippen LogP contribution in [0.3, 0.4) is 0 Å². The zero-order valence-corrected chi connectivity index (χ0v) is 47.9. The minimum atomic E-state index is -0.600. The van der Waals surface area contributed by atoms with Crippen LogP contribution >= 0.6 is 0 Å². The molecule has 9 heteroatoms. The summed E-state index contributed by atoms with van der Waals surface area (Å²) in [6, 6.07) is 57.7. The molecule has 9 rings (SSSR count).